The van der Waals surface area contributed by atoms with Gasteiger partial charge in [0.25, 0.3) is 0 Å². The zero-order valence-electron chi connectivity index (χ0n) is 11.4. The van der Waals surface area contributed by atoms with Crippen LogP contribution >= 0.6 is 0 Å². The number of amides is 1. The third-order valence-corrected chi connectivity index (χ3v) is 4.06. The van der Waals surface area contributed by atoms with E-state index in [2.05, 4.69) is 48.5 Å². The lowest BCUT2D eigenvalue weighted by molar-refractivity contribution is -0.121. The third-order valence-electron chi connectivity index (χ3n) is 4.06. The number of carbonyl (C=O) groups is 1. The summed E-state index contributed by atoms with van der Waals surface area (Å²) in [6.45, 7) is 2.12. The van der Waals surface area contributed by atoms with Crippen molar-refractivity contribution in [3.05, 3.63) is 35.4 Å². The van der Waals surface area contributed by atoms with Gasteiger partial charge in [0, 0.05) is 25.6 Å². The molecule has 0 aromatic heterocycles. The topological polar surface area (TPSA) is 32.3 Å². The number of benzene rings is 1. The molecule has 3 heteroatoms. The van der Waals surface area contributed by atoms with Crippen LogP contribution in [-0.2, 0) is 17.6 Å². The van der Waals surface area contributed by atoms with Gasteiger partial charge >= 0.3 is 0 Å². The summed E-state index contributed by atoms with van der Waals surface area (Å²) < 4.78 is 0. The zero-order chi connectivity index (χ0) is 13.1. The molecule has 1 aliphatic carbocycles. The fourth-order valence-corrected chi connectivity index (χ4v) is 2.70. The molecule has 98 valence electrons. The maximum absolute atomic E-state index is 11.4. The van der Waals surface area contributed by atoms with Crippen LogP contribution in [0.2, 0.25) is 0 Å². The van der Waals surface area contributed by atoms with Gasteiger partial charge in [0.05, 0.1) is 0 Å². The van der Waals surface area contributed by atoms with E-state index in [1.807, 2.05) is 0 Å². The first-order valence-electron chi connectivity index (χ1n) is 6.61. The molecule has 2 rings (SSSR count). The molecule has 1 amide bonds. The largest absolute Gasteiger partial charge is 0.359 e. The second kappa shape index (κ2) is 5.53. The number of carbonyl (C=O) groups excluding carboxylic acids is 1. The van der Waals surface area contributed by atoms with Gasteiger partial charge in [-0.15, -0.1) is 0 Å². The maximum Gasteiger partial charge on any atom is 0.221 e. The Morgan fingerprint density at radius 1 is 1.39 bits per heavy atom. The van der Waals surface area contributed by atoms with Crippen LogP contribution in [0.1, 0.15) is 24.5 Å². The fraction of sp³-hybridized carbons (Fsp3) is 0.533. The van der Waals surface area contributed by atoms with Crippen LogP contribution in [0.3, 0.4) is 0 Å². The minimum Gasteiger partial charge on any atom is -0.359 e. The van der Waals surface area contributed by atoms with Gasteiger partial charge in [-0.25, -0.2) is 0 Å². The number of nitrogens with zero attached hydrogens (tertiary/aromatic N) is 1. The molecule has 18 heavy (non-hydrogen) atoms. The van der Waals surface area contributed by atoms with Crippen molar-refractivity contribution in [2.45, 2.75) is 38.3 Å². The highest BCUT2D eigenvalue weighted by Gasteiger charge is 2.27. The van der Waals surface area contributed by atoms with Crippen molar-refractivity contribution in [2.75, 3.05) is 14.1 Å². The number of hydrogen-bond donors (Lipinski definition) is 1. The van der Waals surface area contributed by atoms with Crippen molar-refractivity contribution in [1.82, 2.24) is 10.2 Å². The van der Waals surface area contributed by atoms with E-state index < -0.39 is 0 Å². The number of hydrogen-bond acceptors (Lipinski definition) is 2. The molecule has 0 heterocycles. The molecule has 0 saturated carbocycles. The van der Waals surface area contributed by atoms with Gasteiger partial charge in [-0.1, -0.05) is 24.3 Å². The Labute approximate surface area is 109 Å². The monoisotopic (exact) mass is 246 g/mol. The Morgan fingerprint density at radius 3 is 2.44 bits per heavy atom. The molecule has 1 aromatic carbocycles. The molecule has 0 saturated heterocycles. The van der Waals surface area contributed by atoms with E-state index in [0.717, 1.165) is 12.8 Å². The van der Waals surface area contributed by atoms with Crippen molar-refractivity contribution in [3.8, 4) is 0 Å². The van der Waals surface area contributed by atoms with Crippen LogP contribution in [0.5, 0.6) is 0 Å². The van der Waals surface area contributed by atoms with E-state index in [-0.39, 0.29) is 11.9 Å². The Balaban J connectivity index is 1.96. The van der Waals surface area contributed by atoms with Crippen molar-refractivity contribution in [1.29, 1.82) is 0 Å². The van der Waals surface area contributed by atoms with Crippen LogP contribution in [0, 0.1) is 0 Å². The van der Waals surface area contributed by atoms with E-state index in [1.54, 1.807) is 7.05 Å². The van der Waals surface area contributed by atoms with Gasteiger partial charge in [0.2, 0.25) is 5.91 Å². The number of fused-ring (bicyclic) bond motifs is 1. The predicted molar refractivity (Wildman–Crippen MR) is 73.5 cm³/mol. The van der Waals surface area contributed by atoms with Crippen molar-refractivity contribution in [3.63, 3.8) is 0 Å². The summed E-state index contributed by atoms with van der Waals surface area (Å²) in [7, 11) is 3.82. The summed E-state index contributed by atoms with van der Waals surface area (Å²) in [6, 6.07) is 9.45. The van der Waals surface area contributed by atoms with Crippen molar-refractivity contribution in [2.24, 2.45) is 0 Å². The smallest absolute Gasteiger partial charge is 0.221 e. The Kier molecular flexibility index (Phi) is 4.02. The molecule has 0 spiro atoms. The van der Waals surface area contributed by atoms with Crippen molar-refractivity contribution >= 4 is 5.91 Å². The molecule has 3 nitrogen and oxygen atoms in total. The number of nitrogens with one attached hydrogen (secondary N) is 1. The minimum atomic E-state index is 0.116. The van der Waals surface area contributed by atoms with E-state index >= 15 is 0 Å². The minimum absolute atomic E-state index is 0.116. The lowest BCUT2D eigenvalue weighted by Crippen LogP contribution is -2.41. The summed E-state index contributed by atoms with van der Waals surface area (Å²) in [4.78, 5) is 13.8. The highest BCUT2D eigenvalue weighted by atomic mass is 16.1. The Bertz CT molecular complexity index is 405. The van der Waals surface area contributed by atoms with Crippen LogP contribution in [-0.4, -0.2) is 37.0 Å². The average Bonchev–Trinajstić information content (AvgIpc) is 2.81. The molecule has 1 atom stereocenters. The van der Waals surface area contributed by atoms with E-state index in [9.17, 15) is 4.79 Å². The SMILES string of the molecule is CNC(=O)C[C@H](C)N(C)C1Cc2ccccc2C1. The number of rotatable bonds is 4. The first-order valence-corrected chi connectivity index (χ1v) is 6.61. The maximum atomic E-state index is 11.4. The Hall–Kier alpha value is -1.35. The molecule has 0 fully saturated rings. The summed E-state index contributed by atoms with van der Waals surface area (Å²) in [5.41, 5.74) is 2.92. The molecule has 1 N–H and O–H groups in total. The molecule has 0 bridgehead atoms. The van der Waals surface area contributed by atoms with Crippen molar-refractivity contribution < 1.29 is 4.79 Å². The standard InChI is InChI=1S/C15H22N2O/c1-11(8-15(18)16-2)17(3)14-9-12-6-4-5-7-13(12)10-14/h4-7,11,14H,8-10H2,1-3H3,(H,16,18)/t11-/m0/s1. The molecule has 0 unspecified atom stereocenters. The van der Waals surface area contributed by atoms with E-state index in [1.165, 1.54) is 11.1 Å². The molecule has 0 aliphatic heterocycles. The van der Waals surface area contributed by atoms with E-state index in [4.69, 9.17) is 0 Å². The summed E-state index contributed by atoms with van der Waals surface area (Å²) in [6.07, 6.45) is 2.77. The summed E-state index contributed by atoms with van der Waals surface area (Å²) in [5, 5.41) is 2.69. The first-order chi connectivity index (χ1) is 8.61. The molecule has 0 radical (unpaired) electrons. The van der Waals surface area contributed by atoms with Gasteiger partial charge in [-0.2, -0.15) is 0 Å². The van der Waals surface area contributed by atoms with Gasteiger partial charge in [0.15, 0.2) is 0 Å². The predicted octanol–water partition coefficient (Wildman–Crippen LogP) is 1.61. The highest BCUT2D eigenvalue weighted by molar-refractivity contribution is 5.76. The van der Waals surface area contributed by atoms with Gasteiger partial charge in [0.1, 0.15) is 0 Å². The molecule has 1 aliphatic rings. The average molecular weight is 246 g/mol. The lowest BCUT2D eigenvalue weighted by Gasteiger charge is -2.30. The summed E-state index contributed by atoms with van der Waals surface area (Å²) in [5.74, 6) is 0.116. The highest BCUT2D eigenvalue weighted by Crippen LogP contribution is 2.26. The zero-order valence-corrected chi connectivity index (χ0v) is 11.4. The van der Waals surface area contributed by atoms with Gasteiger partial charge in [-0.05, 0) is 37.9 Å². The normalized spacial score (nSPS) is 16.7. The van der Waals surface area contributed by atoms with Crippen LogP contribution < -0.4 is 5.32 Å². The summed E-state index contributed by atoms with van der Waals surface area (Å²) >= 11 is 0. The van der Waals surface area contributed by atoms with E-state index in [0.29, 0.717) is 12.5 Å². The number of likely N-dealkylation sites (N-methyl/N-ethyl adjacent to an activating group) is 1. The molecular weight excluding hydrogens is 224 g/mol. The Morgan fingerprint density at radius 2 is 1.94 bits per heavy atom. The van der Waals surface area contributed by atoms with Crippen LogP contribution in [0.25, 0.3) is 0 Å². The lowest BCUT2D eigenvalue weighted by atomic mass is 10.1. The molecular formula is C15H22N2O. The fourth-order valence-electron chi connectivity index (χ4n) is 2.70. The quantitative estimate of drug-likeness (QED) is 0.875. The van der Waals surface area contributed by atoms with Crippen LogP contribution in [0.15, 0.2) is 24.3 Å². The van der Waals surface area contributed by atoms with Gasteiger partial charge < -0.3 is 5.32 Å². The first kappa shape index (κ1) is 13.1. The third kappa shape index (κ3) is 2.72. The molecule has 1 aromatic rings. The van der Waals surface area contributed by atoms with Gasteiger partial charge in [-0.3, -0.25) is 9.69 Å². The second-order valence-corrected chi connectivity index (χ2v) is 5.22. The van der Waals surface area contributed by atoms with Crippen LogP contribution in [0.4, 0.5) is 0 Å². The second-order valence-electron chi connectivity index (χ2n) is 5.22.